The summed E-state index contributed by atoms with van der Waals surface area (Å²) in [5.74, 6) is 0.587. The highest BCUT2D eigenvalue weighted by molar-refractivity contribution is 5.94. The molecular formula is C14H16O4. The molecule has 3 saturated carbocycles. The normalized spacial score (nSPS) is 50.6. The van der Waals surface area contributed by atoms with E-state index in [1.807, 2.05) is 0 Å². The average molecular weight is 248 g/mol. The second-order valence-electron chi connectivity index (χ2n) is 6.14. The van der Waals surface area contributed by atoms with Gasteiger partial charge in [-0.3, -0.25) is 4.79 Å². The van der Waals surface area contributed by atoms with Gasteiger partial charge in [-0.1, -0.05) is 6.58 Å². The molecule has 4 rings (SSSR count). The molecule has 4 fully saturated rings. The first kappa shape index (κ1) is 10.7. The number of epoxide rings is 1. The second kappa shape index (κ2) is 3.23. The highest BCUT2D eigenvalue weighted by Gasteiger charge is 2.73. The minimum atomic E-state index is -0.632. The van der Waals surface area contributed by atoms with Crippen molar-refractivity contribution < 1.29 is 19.1 Å². The van der Waals surface area contributed by atoms with Gasteiger partial charge in [-0.25, -0.2) is 4.79 Å². The number of esters is 2. The number of rotatable bonds is 2. The number of fused-ring (bicyclic) bond motifs is 7. The minimum absolute atomic E-state index is 0.256. The van der Waals surface area contributed by atoms with Gasteiger partial charge in [0.2, 0.25) is 0 Å². The number of carbonyl (C=O) groups is 2. The van der Waals surface area contributed by atoms with Crippen molar-refractivity contribution in [2.24, 2.45) is 23.2 Å². The summed E-state index contributed by atoms with van der Waals surface area (Å²) < 4.78 is 10.5. The lowest BCUT2D eigenvalue weighted by Crippen LogP contribution is -2.40. The molecule has 0 aromatic rings. The van der Waals surface area contributed by atoms with Gasteiger partial charge < -0.3 is 9.47 Å². The molecule has 0 radical (unpaired) electrons. The Balaban J connectivity index is 1.63. The van der Waals surface area contributed by atoms with Crippen molar-refractivity contribution in [3.05, 3.63) is 12.7 Å². The predicted octanol–water partition coefficient (Wildman–Crippen LogP) is 1.45. The van der Waals surface area contributed by atoms with E-state index >= 15 is 0 Å². The lowest BCUT2D eigenvalue weighted by molar-refractivity contribution is -0.167. The Morgan fingerprint density at radius 2 is 2.28 bits per heavy atom. The van der Waals surface area contributed by atoms with Gasteiger partial charge >= 0.3 is 11.9 Å². The predicted molar refractivity (Wildman–Crippen MR) is 61.3 cm³/mol. The number of ether oxygens (including phenoxy) is 2. The van der Waals surface area contributed by atoms with Crippen molar-refractivity contribution in [2.75, 3.05) is 0 Å². The van der Waals surface area contributed by atoms with E-state index in [2.05, 4.69) is 6.58 Å². The highest BCUT2D eigenvalue weighted by Crippen LogP contribution is 2.70. The van der Waals surface area contributed by atoms with Gasteiger partial charge in [0.1, 0.15) is 0 Å². The molecule has 2 bridgehead atoms. The summed E-state index contributed by atoms with van der Waals surface area (Å²) in [7, 11) is 0. The Morgan fingerprint density at radius 1 is 1.44 bits per heavy atom. The molecule has 0 aromatic carbocycles. The third-order valence-corrected chi connectivity index (χ3v) is 5.54. The maximum atomic E-state index is 12.4. The monoisotopic (exact) mass is 248 g/mol. The second-order valence-corrected chi connectivity index (χ2v) is 6.14. The maximum absolute atomic E-state index is 12.4. The fourth-order valence-corrected chi connectivity index (χ4v) is 4.87. The topological polar surface area (TPSA) is 55.9 Å². The lowest BCUT2D eigenvalue weighted by Gasteiger charge is -2.34. The smallest absolute Gasteiger partial charge is 0.337 e. The third-order valence-electron chi connectivity index (χ3n) is 5.54. The Kier molecular flexibility index (Phi) is 1.93. The molecule has 1 saturated heterocycles. The Bertz CT molecular complexity index is 457. The lowest BCUT2D eigenvalue weighted by atomic mass is 9.71. The SMILES string of the molecule is C=CC(=O)OC(=O)C12CCC(C1)C1CC3OC3C12. The van der Waals surface area contributed by atoms with E-state index in [4.69, 9.17) is 9.47 Å². The van der Waals surface area contributed by atoms with Gasteiger partial charge in [0.05, 0.1) is 17.6 Å². The summed E-state index contributed by atoms with van der Waals surface area (Å²) in [5.41, 5.74) is -0.441. The molecule has 1 aliphatic heterocycles. The van der Waals surface area contributed by atoms with Crippen LogP contribution in [0.2, 0.25) is 0 Å². The molecule has 96 valence electrons. The summed E-state index contributed by atoms with van der Waals surface area (Å²) in [6.07, 6.45) is 5.63. The van der Waals surface area contributed by atoms with Gasteiger partial charge in [0.15, 0.2) is 0 Å². The Hall–Kier alpha value is -1.16. The van der Waals surface area contributed by atoms with Gasteiger partial charge in [-0.2, -0.15) is 0 Å². The van der Waals surface area contributed by atoms with E-state index in [9.17, 15) is 9.59 Å². The molecule has 1 heterocycles. The van der Waals surface area contributed by atoms with Gasteiger partial charge in [-0.15, -0.1) is 0 Å². The third kappa shape index (κ3) is 1.14. The van der Waals surface area contributed by atoms with Crippen LogP contribution in [0, 0.1) is 23.2 Å². The molecule has 4 nitrogen and oxygen atoms in total. The van der Waals surface area contributed by atoms with Crippen molar-refractivity contribution in [3.63, 3.8) is 0 Å². The van der Waals surface area contributed by atoms with Crippen molar-refractivity contribution in [3.8, 4) is 0 Å². The minimum Gasteiger partial charge on any atom is -0.389 e. The molecule has 4 aliphatic rings. The largest absolute Gasteiger partial charge is 0.389 e. The van der Waals surface area contributed by atoms with E-state index < -0.39 is 11.4 Å². The standard InChI is InChI=1S/C14H16O4/c1-2-10(15)18-13(16)14-4-3-7(6-14)8-5-9-12(17-9)11(8)14/h2,7-9,11-12H,1,3-6H2. The zero-order chi connectivity index (χ0) is 12.5. The van der Waals surface area contributed by atoms with Gasteiger partial charge in [0, 0.05) is 12.0 Å². The van der Waals surface area contributed by atoms with Crippen LogP contribution in [0.15, 0.2) is 12.7 Å². The van der Waals surface area contributed by atoms with Crippen molar-refractivity contribution in [1.82, 2.24) is 0 Å². The molecule has 6 unspecified atom stereocenters. The summed E-state index contributed by atoms with van der Waals surface area (Å²) in [6.45, 7) is 3.34. The molecule has 0 aromatic heterocycles. The highest BCUT2D eigenvalue weighted by atomic mass is 16.6. The summed E-state index contributed by atoms with van der Waals surface area (Å²) in [6, 6.07) is 0. The zero-order valence-corrected chi connectivity index (χ0v) is 10.1. The number of hydrogen-bond donors (Lipinski definition) is 0. The van der Waals surface area contributed by atoms with Crippen LogP contribution in [0.1, 0.15) is 25.7 Å². The van der Waals surface area contributed by atoms with E-state index in [0.29, 0.717) is 23.9 Å². The van der Waals surface area contributed by atoms with Crippen LogP contribution in [0.25, 0.3) is 0 Å². The first-order valence-electron chi connectivity index (χ1n) is 6.70. The zero-order valence-electron chi connectivity index (χ0n) is 10.1. The van der Waals surface area contributed by atoms with Crippen molar-refractivity contribution in [1.29, 1.82) is 0 Å². The van der Waals surface area contributed by atoms with Crippen LogP contribution in [0.3, 0.4) is 0 Å². The Morgan fingerprint density at radius 3 is 3.06 bits per heavy atom. The first-order valence-corrected chi connectivity index (χ1v) is 6.70. The maximum Gasteiger partial charge on any atom is 0.337 e. The van der Waals surface area contributed by atoms with Crippen LogP contribution in [0.4, 0.5) is 0 Å². The summed E-state index contributed by atoms with van der Waals surface area (Å²) in [5, 5.41) is 0. The van der Waals surface area contributed by atoms with Crippen LogP contribution >= 0.6 is 0 Å². The first-order chi connectivity index (χ1) is 8.65. The fraction of sp³-hybridized carbons (Fsp3) is 0.714. The van der Waals surface area contributed by atoms with Gasteiger partial charge in [0.25, 0.3) is 0 Å². The van der Waals surface area contributed by atoms with E-state index in [0.717, 1.165) is 31.8 Å². The van der Waals surface area contributed by atoms with Crippen molar-refractivity contribution in [2.45, 2.75) is 37.9 Å². The van der Waals surface area contributed by atoms with Crippen LogP contribution in [-0.4, -0.2) is 24.1 Å². The molecular weight excluding hydrogens is 232 g/mol. The van der Waals surface area contributed by atoms with Crippen LogP contribution in [0.5, 0.6) is 0 Å². The van der Waals surface area contributed by atoms with Crippen LogP contribution in [-0.2, 0) is 19.1 Å². The number of hydrogen-bond acceptors (Lipinski definition) is 4. The summed E-state index contributed by atoms with van der Waals surface area (Å²) >= 11 is 0. The fourth-order valence-electron chi connectivity index (χ4n) is 4.87. The quantitative estimate of drug-likeness (QED) is 0.321. The van der Waals surface area contributed by atoms with Crippen LogP contribution < -0.4 is 0 Å². The number of carbonyl (C=O) groups excluding carboxylic acids is 2. The van der Waals surface area contributed by atoms with E-state index in [1.54, 1.807) is 0 Å². The van der Waals surface area contributed by atoms with Crippen molar-refractivity contribution >= 4 is 11.9 Å². The van der Waals surface area contributed by atoms with E-state index in [1.165, 1.54) is 0 Å². The molecule has 6 atom stereocenters. The molecule has 0 spiro atoms. The van der Waals surface area contributed by atoms with E-state index in [-0.39, 0.29) is 12.1 Å². The molecule has 3 aliphatic carbocycles. The average Bonchev–Trinajstić information content (AvgIpc) is 2.80. The Labute approximate surface area is 105 Å². The molecule has 0 N–H and O–H groups in total. The van der Waals surface area contributed by atoms with Gasteiger partial charge in [-0.05, 0) is 37.5 Å². The summed E-state index contributed by atoms with van der Waals surface area (Å²) in [4.78, 5) is 23.6. The molecule has 18 heavy (non-hydrogen) atoms. The molecule has 0 amide bonds. The molecule has 4 heteroatoms.